The Morgan fingerprint density at radius 3 is 2.36 bits per heavy atom. The van der Waals surface area contributed by atoms with Crippen LogP contribution in [0.1, 0.15) is 6.42 Å². The predicted octanol–water partition coefficient (Wildman–Crippen LogP) is 1.50. The lowest BCUT2D eigenvalue weighted by molar-refractivity contribution is -0.127. The molecule has 0 aromatic heterocycles. The fourth-order valence-corrected chi connectivity index (χ4v) is 1.17. The van der Waals surface area contributed by atoms with Crippen molar-refractivity contribution in [2.24, 2.45) is 5.92 Å². The van der Waals surface area contributed by atoms with Crippen molar-refractivity contribution in [3.05, 3.63) is 0 Å². The molecular formula is C6H9F4N. The highest BCUT2D eigenvalue weighted by Gasteiger charge is 2.46. The second-order valence-electron chi connectivity index (χ2n) is 2.67. The zero-order valence-electron chi connectivity index (χ0n) is 5.79. The molecule has 5 heteroatoms. The number of hydrogen-bond donors (Lipinski definition) is 1. The molecule has 1 aliphatic rings. The molecule has 1 nitrogen and oxygen atoms in total. The molecule has 1 rings (SSSR count). The normalized spacial score (nSPS) is 30.8. The SMILES string of the molecule is FC(F)C1CCNCC1(F)F. The summed E-state index contributed by atoms with van der Waals surface area (Å²) in [6.07, 6.45) is -3.06. The molecule has 1 N–H and O–H groups in total. The van der Waals surface area contributed by atoms with Gasteiger partial charge in [-0.1, -0.05) is 0 Å². The minimum Gasteiger partial charge on any atom is -0.311 e. The third-order valence-electron chi connectivity index (χ3n) is 1.84. The van der Waals surface area contributed by atoms with Gasteiger partial charge in [-0.15, -0.1) is 0 Å². The summed E-state index contributed by atoms with van der Waals surface area (Å²) in [5.74, 6) is -5.00. The van der Waals surface area contributed by atoms with Gasteiger partial charge in [-0.25, -0.2) is 17.6 Å². The molecule has 11 heavy (non-hydrogen) atoms. The van der Waals surface area contributed by atoms with Crippen molar-refractivity contribution < 1.29 is 17.6 Å². The van der Waals surface area contributed by atoms with Crippen molar-refractivity contribution in [1.82, 2.24) is 5.32 Å². The highest BCUT2D eigenvalue weighted by molar-refractivity contribution is 4.85. The third kappa shape index (κ3) is 1.83. The summed E-state index contributed by atoms with van der Waals surface area (Å²) in [5.41, 5.74) is 0. The molecule has 0 saturated carbocycles. The van der Waals surface area contributed by atoms with Gasteiger partial charge in [0.2, 0.25) is 6.43 Å². The Bertz CT molecular complexity index is 137. The van der Waals surface area contributed by atoms with Crippen LogP contribution in [0.4, 0.5) is 17.6 Å². The van der Waals surface area contributed by atoms with E-state index in [1.54, 1.807) is 0 Å². The Balaban J connectivity index is 2.60. The monoisotopic (exact) mass is 171 g/mol. The van der Waals surface area contributed by atoms with E-state index in [2.05, 4.69) is 5.32 Å². The summed E-state index contributed by atoms with van der Waals surface area (Å²) in [6, 6.07) is 0. The van der Waals surface area contributed by atoms with Crippen LogP contribution >= 0.6 is 0 Å². The van der Waals surface area contributed by atoms with Crippen molar-refractivity contribution in [2.75, 3.05) is 13.1 Å². The molecule has 1 aliphatic heterocycles. The zero-order chi connectivity index (χ0) is 8.48. The van der Waals surface area contributed by atoms with Crippen molar-refractivity contribution >= 4 is 0 Å². The Labute approximate surface area is 61.8 Å². The van der Waals surface area contributed by atoms with E-state index in [1.807, 2.05) is 0 Å². The maximum atomic E-state index is 12.6. The van der Waals surface area contributed by atoms with Gasteiger partial charge in [0.05, 0.1) is 12.5 Å². The van der Waals surface area contributed by atoms with Gasteiger partial charge in [-0.05, 0) is 13.0 Å². The molecule has 0 aliphatic carbocycles. The first-order valence-electron chi connectivity index (χ1n) is 3.41. The van der Waals surface area contributed by atoms with Crippen LogP contribution in [0.5, 0.6) is 0 Å². The van der Waals surface area contributed by atoms with Crippen LogP contribution in [0.15, 0.2) is 0 Å². The summed E-state index contributed by atoms with van der Waals surface area (Å²) in [5, 5.41) is 2.38. The van der Waals surface area contributed by atoms with Crippen LogP contribution in [0.2, 0.25) is 0 Å². The Hall–Kier alpha value is -0.320. The lowest BCUT2D eigenvalue weighted by Crippen LogP contribution is -2.48. The van der Waals surface area contributed by atoms with Crippen molar-refractivity contribution in [2.45, 2.75) is 18.8 Å². The second kappa shape index (κ2) is 2.97. The van der Waals surface area contributed by atoms with Crippen molar-refractivity contribution in [3.8, 4) is 0 Å². The van der Waals surface area contributed by atoms with E-state index in [-0.39, 0.29) is 13.0 Å². The van der Waals surface area contributed by atoms with Crippen LogP contribution in [-0.2, 0) is 0 Å². The quantitative estimate of drug-likeness (QED) is 0.589. The van der Waals surface area contributed by atoms with E-state index in [9.17, 15) is 17.6 Å². The Morgan fingerprint density at radius 1 is 1.36 bits per heavy atom. The predicted molar refractivity (Wildman–Crippen MR) is 31.9 cm³/mol. The van der Waals surface area contributed by atoms with E-state index in [0.29, 0.717) is 0 Å². The minimum absolute atomic E-state index is 0.148. The number of alkyl halides is 4. The maximum absolute atomic E-state index is 12.6. The van der Waals surface area contributed by atoms with Gasteiger partial charge in [0.15, 0.2) is 0 Å². The summed E-state index contributed by atoms with van der Waals surface area (Å²) < 4.78 is 49.0. The number of rotatable bonds is 1. The average molecular weight is 171 g/mol. The molecule has 0 aromatic rings. The Kier molecular flexibility index (Phi) is 2.37. The first-order chi connectivity index (χ1) is 5.04. The highest BCUT2D eigenvalue weighted by Crippen LogP contribution is 2.33. The van der Waals surface area contributed by atoms with Crippen LogP contribution < -0.4 is 5.32 Å². The lowest BCUT2D eigenvalue weighted by atomic mass is 9.95. The summed E-state index contributed by atoms with van der Waals surface area (Å²) in [4.78, 5) is 0. The minimum atomic E-state index is -3.24. The largest absolute Gasteiger partial charge is 0.311 e. The van der Waals surface area contributed by atoms with Gasteiger partial charge in [-0.2, -0.15) is 0 Å². The number of piperidine rings is 1. The molecule has 1 heterocycles. The molecule has 66 valence electrons. The van der Waals surface area contributed by atoms with E-state index >= 15 is 0 Å². The standard InChI is InChI=1S/C6H9F4N/c7-5(8)4-1-2-11-3-6(4,9)10/h4-5,11H,1-3H2. The van der Waals surface area contributed by atoms with E-state index < -0.39 is 24.8 Å². The smallest absolute Gasteiger partial charge is 0.268 e. The summed E-state index contributed by atoms with van der Waals surface area (Å²) >= 11 is 0. The van der Waals surface area contributed by atoms with E-state index in [1.165, 1.54) is 0 Å². The molecule has 0 spiro atoms. The van der Waals surface area contributed by atoms with Gasteiger partial charge in [0.25, 0.3) is 5.92 Å². The molecule has 1 atom stereocenters. The second-order valence-corrected chi connectivity index (χ2v) is 2.67. The molecule has 0 aromatic carbocycles. The molecule has 0 amide bonds. The number of halogens is 4. The highest BCUT2D eigenvalue weighted by atomic mass is 19.3. The first-order valence-corrected chi connectivity index (χ1v) is 3.41. The van der Waals surface area contributed by atoms with Gasteiger partial charge in [0.1, 0.15) is 0 Å². The zero-order valence-corrected chi connectivity index (χ0v) is 5.79. The van der Waals surface area contributed by atoms with E-state index in [4.69, 9.17) is 0 Å². The van der Waals surface area contributed by atoms with Gasteiger partial charge in [0, 0.05) is 0 Å². The third-order valence-corrected chi connectivity index (χ3v) is 1.84. The van der Waals surface area contributed by atoms with Crippen molar-refractivity contribution in [3.63, 3.8) is 0 Å². The molecule has 0 radical (unpaired) electrons. The van der Waals surface area contributed by atoms with Crippen molar-refractivity contribution in [1.29, 1.82) is 0 Å². The van der Waals surface area contributed by atoms with E-state index in [0.717, 1.165) is 0 Å². The molecule has 1 saturated heterocycles. The first kappa shape index (κ1) is 8.77. The van der Waals surface area contributed by atoms with Gasteiger partial charge >= 0.3 is 0 Å². The average Bonchev–Trinajstić information content (AvgIpc) is 1.85. The lowest BCUT2D eigenvalue weighted by Gasteiger charge is -2.30. The fourth-order valence-electron chi connectivity index (χ4n) is 1.17. The van der Waals surface area contributed by atoms with Crippen LogP contribution in [0.3, 0.4) is 0 Å². The fraction of sp³-hybridized carbons (Fsp3) is 1.00. The van der Waals surface area contributed by atoms with Gasteiger partial charge < -0.3 is 5.32 Å². The molecular weight excluding hydrogens is 162 g/mol. The maximum Gasteiger partial charge on any atom is 0.268 e. The Morgan fingerprint density at radius 2 is 2.00 bits per heavy atom. The molecule has 1 fully saturated rings. The molecule has 0 bridgehead atoms. The topological polar surface area (TPSA) is 12.0 Å². The van der Waals surface area contributed by atoms with Gasteiger partial charge in [-0.3, -0.25) is 0 Å². The number of nitrogens with one attached hydrogen (secondary N) is 1. The van der Waals surface area contributed by atoms with Crippen LogP contribution in [0.25, 0.3) is 0 Å². The summed E-state index contributed by atoms with van der Waals surface area (Å²) in [7, 11) is 0. The number of hydrogen-bond acceptors (Lipinski definition) is 1. The summed E-state index contributed by atoms with van der Waals surface area (Å²) in [6.45, 7) is -0.368. The van der Waals surface area contributed by atoms with Crippen LogP contribution in [-0.4, -0.2) is 25.4 Å². The molecule has 1 unspecified atom stereocenters. The van der Waals surface area contributed by atoms with Crippen LogP contribution in [0, 0.1) is 5.92 Å².